The molecule has 0 bridgehead atoms. The molecule has 0 aromatic heterocycles. The monoisotopic (exact) mass is 203 g/mol. The summed E-state index contributed by atoms with van der Waals surface area (Å²) in [6.07, 6.45) is 5.09. The SMILES string of the molecule is COC(=O)/C=C/NCC(C)CSC. The van der Waals surface area contributed by atoms with E-state index in [1.807, 2.05) is 11.8 Å². The van der Waals surface area contributed by atoms with Gasteiger partial charge in [-0.15, -0.1) is 0 Å². The van der Waals surface area contributed by atoms with E-state index >= 15 is 0 Å². The van der Waals surface area contributed by atoms with E-state index < -0.39 is 0 Å². The molecule has 0 heterocycles. The number of carbonyl (C=O) groups is 1. The minimum Gasteiger partial charge on any atom is -0.466 e. The zero-order chi connectivity index (χ0) is 10.1. The number of methoxy groups -OCH3 is 1. The molecule has 1 N–H and O–H groups in total. The first-order valence-corrected chi connectivity index (χ1v) is 5.57. The lowest BCUT2D eigenvalue weighted by molar-refractivity contribution is -0.134. The summed E-state index contributed by atoms with van der Waals surface area (Å²) in [5, 5.41) is 3.04. The van der Waals surface area contributed by atoms with E-state index in [-0.39, 0.29) is 5.97 Å². The second-order valence-electron chi connectivity index (χ2n) is 2.83. The zero-order valence-corrected chi connectivity index (χ0v) is 9.19. The van der Waals surface area contributed by atoms with E-state index in [0.717, 1.165) is 12.3 Å². The predicted molar refractivity (Wildman–Crippen MR) is 56.7 cm³/mol. The third kappa shape index (κ3) is 7.71. The first kappa shape index (κ1) is 12.4. The van der Waals surface area contributed by atoms with Crippen molar-refractivity contribution in [2.45, 2.75) is 6.92 Å². The fraction of sp³-hybridized carbons (Fsp3) is 0.667. The number of thioether (sulfide) groups is 1. The molecule has 0 fully saturated rings. The summed E-state index contributed by atoms with van der Waals surface area (Å²) in [5.41, 5.74) is 0. The Labute approximate surface area is 83.9 Å². The molecule has 0 spiro atoms. The lowest BCUT2D eigenvalue weighted by Gasteiger charge is -2.08. The molecule has 0 aliphatic heterocycles. The number of esters is 1. The molecule has 0 saturated heterocycles. The molecular formula is C9H17NO2S. The Kier molecular flexibility index (Phi) is 7.59. The quantitative estimate of drug-likeness (QED) is 0.521. The average Bonchev–Trinajstić information content (AvgIpc) is 2.12. The molecule has 0 aromatic rings. The van der Waals surface area contributed by atoms with Gasteiger partial charge in [-0.1, -0.05) is 6.92 Å². The molecule has 0 aliphatic carbocycles. The number of carbonyl (C=O) groups excluding carboxylic acids is 1. The van der Waals surface area contributed by atoms with Gasteiger partial charge in [-0.2, -0.15) is 11.8 Å². The molecule has 0 radical (unpaired) electrons. The Hall–Kier alpha value is -0.640. The van der Waals surface area contributed by atoms with E-state index in [1.54, 1.807) is 6.20 Å². The molecule has 1 unspecified atom stereocenters. The summed E-state index contributed by atoms with van der Waals surface area (Å²) in [4.78, 5) is 10.6. The van der Waals surface area contributed by atoms with Crippen molar-refractivity contribution in [3.05, 3.63) is 12.3 Å². The maximum atomic E-state index is 10.6. The highest BCUT2D eigenvalue weighted by Gasteiger charge is 1.97. The van der Waals surface area contributed by atoms with Crippen LogP contribution in [0, 0.1) is 5.92 Å². The van der Waals surface area contributed by atoms with Gasteiger partial charge >= 0.3 is 5.97 Å². The van der Waals surface area contributed by atoms with Crippen LogP contribution >= 0.6 is 11.8 Å². The minimum absolute atomic E-state index is 0.329. The van der Waals surface area contributed by atoms with Crippen LogP contribution in [-0.2, 0) is 9.53 Å². The van der Waals surface area contributed by atoms with Crippen LogP contribution in [-0.4, -0.2) is 31.6 Å². The van der Waals surface area contributed by atoms with Gasteiger partial charge in [-0.25, -0.2) is 4.79 Å². The number of nitrogens with one attached hydrogen (secondary N) is 1. The van der Waals surface area contributed by atoms with Gasteiger partial charge in [0.2, 0.25) is 0 Å². The van der Waals surface area contributed by atoms with Crippen LogP contribution < -0.4 is 5.32 Å². The maximum absolute atomic E-state index is 10.6. The van der Waals surface area contributed by atoms with Gasteiger partial charge in [0.25, 0.3) is 0 Å². The van der Waals surface area contributed by atoms with E-state index in [0.29, 0.717) is 5.92 Å². The number of hydrogen-bond donors (Lipinski definition) is 1. The van der Waals surface area contributed by atoms with Gasteiger partial charge < -0.3 is 10.1 Å². The van der Waals surface area contributed by atoms with E-state index in [2.05, 4.69) is 23.2 Å². The van der Waals surface area contributed by atoms with Crippen LogP contribution in [0.15, 0.2) is 12.3 Å². The molecule has 1 atom stereocenters. The van der Waals surface area contributed by atoms with Gasteiger partial charge in [0.05, 0.1) is 7.11 Å². The Morgan fingerprint density at radius 1 is 1.69 bits per heavy atom. The van der Waals surface area contributed by atoms with Crippen LogP contribution in [0.5, 0.6) is 0 Å². The molecule has 0 saturated carbocycles. The van der Waals surface area contributed by atoms with Crippen molar-refractivity contribution in [3.63, 3.8) is 0 Å². The molecular weight excluding hydrogens is 186 g/mol. The highest BCUT2D eigenvalue weighted by Crippen LogP contribution is 2.02. The number of rotatable bonds is 6. The number of ether oxygens (including phenoxy) is 1. The minimum atomic E-state index is -0.329. The molecule has 13 heavy (non-hydrogen) atoms. The van der Waals surface area contributed by atoms with Gasteiger partial charge in [0.15, 0.2) is 0 Å². The fourth-order valence-electron chi connectivity index (χ4n) is 0.808. The van der Waals surface area contributed by atoms with Crippen molar-refractivity contribution in [3.8, 4) is 0 Å². The van der Waals surface area contributed by atoms with E-state index in [9.17, 15) is 4.79 Å². The van der Waals surface area contributed by atoms with Gasteiger partial charge in [-0.3, -0.25) is 0 Å². The van der Waals surface area contributed by atoms with Crippen LogP contribution in [0.4, 0.5) is 0 Å². The summed E-state index contributed by atoms with van der Waals surface area (Å²) in [5.74, 6) is 1.40. The Morgan fingerprint density at radius 3 is 2.92 bits per heavy atom. The first-order chi connectivity index (χ1) is 6.20. The largest absolute Gasteiger partial charge is 0.466 e. The van der Waals surface area contributed by atoms with Crippen LogP contribution in [0.25, 0.3) is 0 Å². The second-order valence-corrected chi connectivity index (χ2v) is 3.74. The summed E-state index contributed by atoms with van der Waals surface area (Å²) in [7, 11) is 1.36. The predicted octanol–water partition coefficient (Wildman–Crippen LogP) is 1.26. The molecule has 76 valence electrons. The maximum Gasteiger partial charge on any atom is 0.331 e. The molecule has 0 amide bonds. The lowest BCUT2D eigenvalue weighted by atomic mass is 10.2. The van der Waals surface area contributed by atoms with E-state index in [4.69, 9.17) is 0 Å². The number of hydrogen-bond acceptors (Lipinski definition) is 4. The van der Waals surface area contributed by atoms with Crippen molar-refractivity contribution >= 4 is 17.7 Å². The standard InChI is InChI=1S/C9H17NO2S/c1-8(7-13-3)6-10-5-4-9(11)12-2/h4-5,8,10H,6-7H2,1-3H3/b5-4+. The Bertz CT molecular complexity index is 171. The van der Waals surface area contributed by atoms with Gasteiger partial charge in [0.1, 0.15) is 0 Å². The van der Waals surface area contributed by atoms with Crippen molar-refractivity contribution in [2.75, 3.05) is 25.7 Å². The third-order valence-corrected chi connectivity index (χ3v) is 2.36. The summed E-state index contributed by atoms with van der Waals surface area (Å²) < 4.78 is 4.43. The van der Waals surface area contributed by atoms with Crippen molar-refractivity contribution in [2.24, 2.45) is 5.92 Å². The summed E-state index contributed by atoms with van der Waals surface area (Å²) >= 11 is 1.82. The van der Waals surface area contributed by atoms with Crippen LogP contribution in [0.3, 0.4) is 0 Å². The third-order valence-electron chi connectivity index (χ3n) is 1.46. The van der Waals surface area contributed by atoms with E-state index in [1.165, 1.54) is 13.2 Å². The fourth-order valence-corrected chi connectivity index (χ4v) is 1.49. The normalized spacial score (nSPS) is 12.8. The summed E-state index contributed by atoms with van der Waals surface area (Å²) in [6.45, 7) is 3.05. The van der Waals surface area contributed by atoms with Gasteiger partial charge in [-0.05, 0) is 17.9 Å². The second kappa shape index (κ2) is 7.98. The van der Waals surface area contributed by atoms with Crippen molar-refractivity contribution in [1.29, 1.82) is 0 Å². The Balaban J connectivity index is 3.43. The van der Waals surface area contributed by atoms with Gasteiger partial charge in [0, 0.05) is 18.8 Å². The molecule has 4 heteroatoms. The smallest absolute Gasteiger partial charge is 0.331 e. The molecule has 3 nitrogen and oxygen atoms in total. The molecule has 0 aromatic carbocycles. The highest BCUT2D eigenvalue weighted by atomic mass is 32.2. The van der Waals surface area contributed by atoms with Crippen LogP contribution in [0.2, 0.25) is 0 Å². The first-order valence-electron chi connectivity index (χ1n) is 4.17. The Morgan fingerprint density at radius 2 is 2.38 bits per heavy atom. The van der Waals surface area contributed by atoms with Crippen molar-refractivity contribution < 1.29 is 9.53 Å². The highest BCUT2D eigenvalue weighted by molar-refractivity contribution is 7.98. The topological polar surface area (TPSA) is 38.3 Å². The molecule has 0 aliphatic rings. The summed E-state index contributed by atoms with van der Waals surface area (Å²) in [6, 6.07) is 0. The average molecular weight is 203 g/mol. The lowest BCUT2D eigenvalue weighted by Crippen LogP contribution is -2.17. The van der Waals surface area contributed by atoms with Crippen LogP contribution in [0.1, 0.15) is 6.92 Å². The zero-order valence-electron chi connectivity index (χ0n) is 8.37. The molecule has 0 rings (SSSR count). The van der Waals surface area contributed by atoms with Crippen molar-refractivity contribution in [1.82, 2.24) is 5.32 Å².